The topological polar surface area (TPSA) is 22.1 Å². The second kappa shape index (κ2) is 2.88. The summed E-state index contributed by atoms with van der Waals surface area (Å²) in [5, 5.41) is 6.20. The van der Waals surface area contributed by atoms with Crippen LogP contribution in [0.15, 0.2) is 29.3 Å². The van der Waals surface area contributed by atoms with Gasteiger partial charge in [0.25, 0.3) is 0 Å². The molecule has 0 N–H and O–H groups in total. The van der Waals surface area contributed by atoms with Crippen molar-refractivity contribution < 1.29 is 0 Å². The van der Waals surface area contributed by atoms with Crippen LogP contribution in [0.4, 0.5) is 0 Å². The fraction of sp³-hybridized carbons (Fsp3) is 0.444. The standard InChI is InChI=1S/C9H14N4/c1-8(2)13-7-9-10-5-4-6-12(9)11(13)3/h4-8H,1-3H3. The molecule has 2 rings (SSSR count). The summed E-state index contributed by atoms with van der Waals surface area (Å²) in [5.41, 5.74) is 0. The molecule has 2 aliphatic rings. The Bertz CT molecular complexity index is 290. The molecular formula is C9H14N4. The molecule has 0 saturated heterocycles. The molecular weight excluding hydrogens is 164 g/mol. The summed E-state index contributed by atoms with van der Waals surface area (Å²) in [4.78, 5) is 4.27. The SMILES string of the molecule is CC(C)N1C=C2N=CC=CN2N1C. The van der Waals surface area contributed by atoms with Crippen molar-refractivity contribution in [3.63, 3.8) is 0 Å². The Morgan fingerprint density at radius 2 is 2.15 bits per heavy atom. The predicted octanol–water partition coefficient (Wildman–Crippen LogP) is 1.17. The van der Waals surface area contributed by atoms with E-state index in [0.717, 1.165) is 5.82 Å². The van der Waals surface area contributed by atoms with Gasteiger partial charge in [-0.1, -0.05) is 0 Å². The summed E-state index contributed by atoms with van der Waals surface area (Å²) in [6.45, 7) is 4.30. The zero-order valence-electron chi connectivity index (χ0n) is 8.18. The van der Waals surface area contributed by atoms with Crippen LogP contribution in [0, 0.1) is 0 Å². The van der Waals surface area contributed by atoms with Gasteiger partial charge in [0.1, 0.15) is 0 Å². The van der Waals surface area contributed by atoms with E-state index in [4.69, 9.17) is 0 Å². The third-order valence-corrected chi connectivity index (χ3v) is 2.18. The molecule has 4 nitrogen and oxygen atoms in total. The molecule has 13 heavy (non-hydrogen) atoms. The highest BCUT2D eigenvalue weighted by Gasteiger charge is 2.27. The van der Waals surface area contributed by atoms with Crippen LogP contribution in [0.25, 0.3) is 0 Å². The van der Waals surface area contributed by atoms with Gasteiger partial charge in [0, 0.05) is 25.5 Å². The predicted molar refractivity (Wildman–Crippen MR) is 52.3 cm³/mol. The minimum absolute atomic E-state index is 0.451. The van der Waals surface area contributed by atoms with Gasteiger partial charge in [0.15, 0.2) is 5.82 Å². The van der Waals surface area contributed by atoms with Crippen LogP contribution in [0.1, 0.15) is 13.8 Å². The molecule has 0 aromatic rings. The number of hydrogen-bond acceptors (Lipinski definition) is 4. The van der Waals surface area contributed by atoms with Crippen LogP contribution in [0.3, 0.4) is 0 Å². The lowest BCUT2D eigenvalue weighted by atomic mass is 10.4. The van der Waals surface area contributed by atoms with Crippen LogP contribution in [0.2, 0.25) is 0 Å². The number of rotatable bonds is 1. The molecule has 0 unspecified atom stereocenters. The van der Waals surface area contributed by atoms with Crippen molar-refractivity contribution in [3.8, 4) is 0 Å². The zero-order valence-corrected chi connectivity index (χ0v) is 8.18. The second-order valence-corrected chi connectivity index (χ2v) is 3.41. The van der Waals surface area contributed by atoms with Crippen molar-refractivity contribution in [3.05, 3.63) is 24.3 Å². The Labute approximate surface area is 78.4 Å². The van der Waals surface area contributed by atoms with E-state index in [-0.39, 0.29) is 0 Å². The Kier molecular flexibility index (Phi) is 1.84. The van der Waals surface area contributed by atoms with Crippen molar-refractivity contribution in [2.45, 2.75) is 19.9 Å². The minimum atomic E-state index is 0.451. The zero-order chi connectivity index (χ0) is 9.42. The summed E-state index contributed by atoms with van der Waals surface area (Å²) >= 11 is 0. The molecule has 2 heterocycles. The molecule has 0 fully saturated rings. The minimum Gasteiger partial charge on any atom is -0.289 e. The first-order valence-corrected chi connectivity index (χ1v) is 4.44. The molecule has 2 aliphatic heterocycles. The summed E-state index contributed by atoms with van der Waals surface area (Å²) in [6, 6.07) is 0.451. The summed E-state index contributed by atoms with van der Waals surface area (Å²) in [6.07, 6.45) is 7.78. The summed E-state index contributed by atoms with van der Waals surface area (Å²) < 4.78 is 0. The van der Waals surface area contributed by atoms with E-state index in [9.17, 15) is 0 Å². The molecule has 0 spiro atoms. The molecule has 0 saturated carbocycles. The van der Waals surface area contributed by atoms with Crippen LogP contribution in [-0.2, 0) is 0 Å². The van der Waals surface area contributed by atoms with E-state index in [1.807, 2.05) is 35.7 Å². The van der Waals surface area contributed by atoms with Gasteiger partial charge in [-0.25, -0.2) is 10.0 Å². The molecule has 0 radical (unpaired) electrons. The van der Waals surface area contributed by atoms with Crippen molar-refractivity contribution >= 4 is 6.21 Å². The maximum absolute atomic E-state index is 4.27. The number of fused-ring (bicyclic) bond motifs is 1. The molecule has 0 aliphatic carbocycles. The third-order valence-electron chi connectivity index (χ3n) is 2.18. The van der Waals surface area contributed by atoms with Gasteiger partial charge in [-0.2, -0.15) is 0 Å². The lowest BCUT2D eigenvalue weighted by Gasteiger charge is -2.33. The highest BCUT2D eigenvalue weighted by Crippen LogP contribution is 2.24. The fourth-order valence-corrected chi connectivity index (χ4v) is 1.51. The summed E-state index contributed by atoms with van der Waals surface area (Å²) in [5.74, 6) is 0.971. The Balaban J connectivity index is 2.26. The Hall–Kier alpha value is -1.29. The third kappa shape index (κ3) is 1.23. The molecule has 0 aromatic heterocycles. The first-order valence-electron chi connectivity index (χ1n) is 4.44. The van der Waals surface area contributed by atoms with Crippen molar-refractivity contribution in [2.75, 3.05) is 7.05 Å². The van der Waals surface area contributed by atoms with Crippen LogP contribution < -0.4 is 0 Å². The maximum atomic E-state index is 4.27. The molecule has 70 valence electrons. The lowest BCUT2D eigenvalue weighted by Crippen LogP contribution is -2.43. The number of hydrogen-bond donors (Lipinski definition) is 0. The van der Waals surface area contributed by atoms with Crippen molar-refractivity contribution in [2.24, 2.45) is 4.99 Å². The van der Waals surface area contributed by atoms with Crippen LogP contribution in [0.5, 0.6) is 0 Å². The highest BCUT2D eigenvalue weighted by molar-refractivity contribution is 5.73. The van der Waals surface area contributed by atoms with E-state index in [0.29, 0.717) is 6.04 Å². The second-order valence-electron chi connectivity index (χ2n) is 3.41. The van der Waals surface area contributed by atoms with Crippen LogP contribution in [-0.4, -0.2) is 34.4 Å². The average Bonchev–Trinajstić information content (AvgIpc) is 2.45. The van der Waals surface area contributed by atoms with E-state index >= 15 is 0 Å². The maximum Gasteiger partial charge on any atom is 0.166 e. The molecule has 0 atom stereocenters. The smallest absolute Gasteiger partial charge is 0.166 e. The van der Waals surface area contributed by atoms with Gasteiger partial charge in [-0.05, 0) is 19.9 Å². The summed E-state index contributed by atoms with van der Waals surface area (Å²) in [7, 11) is 2.02. The van der Waals surface area contributed by atoms with Gasteiger partial charge in [-0.15, -0.1) is 5.12 Å². The van der Waals surface area contributed by atoms with Gasteiger partial charge in [-0.3, -0.25) is 5.01 Å². The van der Waals surface area contributed by atoms with Gasteiger partial charge in [0.2, 0.25) is 0 Å². The fourth-order valence-electron chi connectivity index (χ4n) is 1.51. The Morgan fingerprint density at radius 3 is 2.77 bits per heavy atom. The first kappa shape index (κ1) is 8.31. The Morgan fingerprint density at radius 1 is 1.38 bits per heavy atom. The van der Waals surface area contributed by atoms with E-state index in [1.165, 1.54) is 0 Å². The highest BCUT2D eigenvalue weighted by atomic mass is 15.9. The van der Waals surface area contributed by atoms with E-state index in [2.05, 4.69) is 23.8 Å². The largest absolute Gasteiger partial charge is 0.289 e. The molecule has 0 aromatic carbocycles. The van der Waals surface area contributed by atoms with E-state index in [1.54, 1.807) is 6.21 Å². The van der Waals surface area contributed by atoms with Gasteiger partial charge >= 0.3 is 0 Å². The van der Waals surface area contributed by atoms with E-state index < -0.39 is 0 Å². The average molecular weight is 178 g/mol. The quantitative estimate of drug-likeness (QED) is 0.601. The van der Waals surface area contributed by atoms with Crippen molar-refractivity contribution in [1.82, 2.24) is 15.1 Å². The van der Waals surface area contributed by atoms with Gasteiger partial charge in [0.05, 0.1) is 6.20 Å². The van der Waals surface area contributed by atoms with Crippen molar-refractivity contribution in [1.29, 1.82) is 0 Å². The van der Waals surface area contributed by atoms with Crippen LogP contribution >= 0.6 is 0 Å². The normalized spacial score (nSPS) is 21.4. The number of allylic oxidation sites excluding steroid dienone is 1. The van der Waals surface area contributed by atoms with Gasteiger partial charge < -0.3 is 0 Å². The lowest BCUT2D eigenvalue weighted by molar-refractivity contribution is -0.0791. The molecule has 0 amide bonds. The first-order chi connectivity index (χ1) is 6.20. The molecule has 4 heteroatoms. The molecule has 0 bridgehead atoms. The number of hydrazine groups is 2. The number of nitrogens with zero attached hydrogens (tertiary/aromatic N) is 4. The monoisotopic (exact) mass is 178 g/mol. The number of aliphatic imine (C=N–C) groups is 1.